The maximum Gasteiger partial charge on any atom is 0.320 e. The van der Waals surface area contributed by atoms with Crippen molar-refractivity contribution in [3.63, 3.8) is 0 Å². The number of likely N-dealkylation sites (tertiary alicyclic amines) is 1. The molecule has 2 heterocycles. The summed E-state index contributed by atoms with van der Waals surface area (Å²) in [5.74, 6) is 1.73. The fraction of sp³-hybridized carbons (Fsp3) is 0.471. The standard InChI is InChI=1S/C17H22N4O3/c1-20(2)17(22)21-10-5-4-9-14(21)16-18-15(19-24-16)12-7-6-8-13(11-12)23-3/h6-8,11,14H,4-5,9-10H2,1-3H3. The summed E-state index contributed by atoms with van der Waals surface area (Å²) in [6, 6.07) is 7.32. The van der Waals surface area contributed by atoms with E-state index in [4.69, 9.17) is 9.26 Å². The molecular formula is C17H22N4O3. The molecule has 1 fully saturated rings. The second kappa shape index (κ2) is 6.90. The minimum Gasteiger partial charge on any atom is -0.497 e. The van der Waals surface area contributed by atoms with Crippen LogP contribution < -0.4 is 4.74 Å². The smallest absolute Gasteiger partial charge is 0.320 e. The van der Waals surface area contributed by atoms with Crippen molar-refractivity contribution in [2.45, 2.75) is 25.3 Å². The topological polar surface area (TPSA) is 71.7 Å². The lowest BCUT2D eigenvalue weighted by molar-refractivity contribution is 0.113. The first kappa shape index (κ1) is 16.3. The third kappa shape index (κ3) is 3.20. The molecule has 0 spiro atoms. The van der Waals surface area contributed by atoms with Crippen LogP contribution in [-0.4, -0.2) is 53.7 Å². The SMILES string of the molecule is COc1cccc(-c2noc(C3CCCCN3C(=O)N(C)C)n2)c1. The first-order valence-corrected chi connectivity index (χ1v) is 8.06. The lowest BCUT2D eigenvalue weighted by atomic mass is 10.0. The fourth-order valence-electron chi connectivity index (χ4n) is 2.92. The predicted molar refractivity (Wildman–Crippen MR) is 88.7 cm³/mol. The number of urea groups is 1. The Morgan fingerprint density at radius 2 is 2.21 bits per heavy atom. The lowest BCUT2D eigenvalue weighted by Crippen LogP contribution is -2.44. The summed E-state index contributed by atoms with van der Waals surface area (Å²) in [5.41, 5.74) is 0.825. The minimum absolute atomic E-state index is 0.0270. The Balaban J connectivity index is 1.86. The molecule has 1 aromatic heterocycles. The van der Waals surface area contributed by atoms with Crippen LogP contribution in [0.3, 0.4) is 0 Å². The normalized spacial score (nSPS) is 17.6. The Labute approximate surface area is 141 Å². The second-order valence-corrected chi connectivity index (χ2v) is 6.07. The number of amides is 2. The number of carbonyl (C=O) groups excluding carboxylic acids is 1. The molecule has 0 saturated carbocycles. The van der Waals surface area contributed by atoms with Gasteiger partial charge in [-0.05, 0) is 31.4 Å². The monoisotopic (exact) mass is 330 g/mol. The van der Waals surface area contributed by atoms with Gasteiger partial charge in [0, 0.05) is 26.2 Å². The van der Waals surface area contributed by atoms with Gasteiger partial charge in [-0.3, -0.25) is 0 Å². The highest BCUT2D eigenvalue weighted by molar-refractivity contribution is 5.74. The molecular weight excluding hydrogens is 308 g/mol. The van der Waals surface area contributed by atoms with Crippen LogP contribution in [0, 0.1) is 0 Å². The highest BCUT2D eigenvalue weighted by Gasteiger charge is 2.33. The van der Waals surface area contributed by atoms with Crippen molar-refractivity contribution in [1.29, 1.82) is 0 Å². The van der Waals surface area contributed by atoms with Gasteiger partial charge >= 0.3 is 6.03 Å². The van der Waals surface area contributed by atoms with Gasteiger partial charge in [-0.15, -0.1) is 0 Å². The zero-order valence-corrected chi connectivity index (χ0v) is 14.2. The number of piperidine rings is 1. The van der Waals surface area contributed by atoms with Crippen LogP contribution in [0.2, 0.25) is 0 Å². The minimum atomic E-state index is -0.166. The van der Waals surface area contributed by atoms with Crippen molar-refractivity contribution in [1.82, 2.24) is 19.9 Å². The summed E-state index contributed by atoms with van der Waals surface area (Å²) in [5, 5.41) is 4.08. The molecule has 3 rings (SSSR count). The molecule has 0 bridgehead atoms. The number of carbonyl (C=O) groups is 1. The van der Waals surface area contributed by atoms with Crippen molar-refractivity contribution >= 4 is 6.03 Å². The quantitative estimate of drug-likeness (QED) is 0.865. The number of rotatable bonds is 3. The molecule has 24 heavy (non-hydrogen) atoms. The van der Waals surface area contributed by atoms with Crippen LogP contribution >= 0.6 is 0 Å². The third-order valence-electron chi connectivity index (χ3n) is 4.19. The summed E-state index contributed by atoms with van der Waals surface area (Å²) in [4.78, 5) is 20.3. The summed E-state index contributed by atoms with van der Waals surface area (Å²) < 4.78 is 10.7. The van der Waals surface area contributed by atoms with E-state index in [9.17, 15) is 4.79 Å². The Kier molecular flexibility index (Phi) is 4.69. The van der Waals surface area contributed by atoms with Gasteiger partial charge in [0.05, 0.1) is 7.11 Å². The molecule has 1 unspecified atom stereocenters. The van der Waals surface area contributed by atoms with E-state index in [0.29, 0.717) is 18.3 Å². The summed E-state index contributed by atoms with van der Waals surface area (Å²) >= 11 is 0. The number of hydrogen-bond donors (Lipinski definition) is 0. The van der Waals surface area contributed by atoms with Gasteiger partial charge in [0.2, 0.25) is 11.7 Å². The van der Waals surface area contributed by atoms with E-state index in [1.807, 2.05) is 29.2 Å². The highest BCUT2D eigenvalue weighted by atomic mass is 16.5. The predicted octanol–water partition coefficient (Wildman–Crippen LogP) is 2.95. The van der Waals surface area contributed by atoms with Crippen molar-refractivity contribution in [2.24, 2.45) is 0 Å². The van der Waals surface area contributed by atoms with Crippen molar-refractivity contribution in [3.05, 3.63) is 30.2 Å². The molecule has 0 radical (unpaired) electrons. The van der Waals surface area contributed by atoms with Crippen LogP contribution in [0.5, 0.6) is 5.75 Å². The van der Waals surface area contributed by atoms with Crippen LogP contribution in [0.25, 0.3) is 11.4 Å². The number of benzene rings is 1. The molecule has 1 aliphatic heterocycles. The Bertz CT molecular complexity index is 713. The van der Waals surface area contributed by atoms with Gasteiger partial charge in [0.25, 0.3) is 0 Å². The molecule has 7 heteroatoms. The van der Waals surface area contributed by atoms with Gasteiger partial charge in [-0.25, -0.2) is 4.79 Å². The third-order valence-corrected chi connectivity index (χ3v) is 4.19. The van der Waals surface area contributed by atoms with Crippen LogP contribution in [0.4, 0.5) is 4.79 Å². The maximum atomic E-state index is 12.4. The average Bonchev–Trinajstić information content (AvgIpc) is 3.11. The molecule has 7 nitrogen and oxygen atoms in total. The van der Waals surface area contributed by atoms with Gasteiger partial charge < -0.3 is 19.1 Å². The number of aromatic nitrogens is 2. The first-order chi connectivity index (χ1) is 11.6. The Morgan fingerprint density at radius 1 is 1.38 bits per heavy atom. The maximum absolute atomic E-state index is 12.4. The molecule has 2 amide bonds. The average molecular weight is 330 g/mol. The van der Waals surface area contributed by atoms with Crippen LogP contribution in [-0.2, 0) is 0 Å². The molecule has 1 saturated heterocycles. The molecule has 1 aliphatic rings. The number of hydrogen-bond acceptors (Lipinski definition) is 5. The molecule has 2 aromatic rings. The first-order valence-electron chi connectivity index (χ1n) is 8.06. The van der Waals surface area contributed by atoms with E-state index in [1.54, 1.807) is 26.1 Å². The molecule has 1 aromatic carbocycles. The van der Waals surface area contributed by atoms with E-state index < -0.39 is 0 Å². The zero-order valence-electron chi connectivity index (χ0n) is 14.2. The molecule has 128 valence electrons. The van der Waals surface area contributed by atoms with E-state index in [-0.39, 0.29) is 12.1 Å². The second-order valence-electron chi connectivity index (χ2n) is 6.07. The highest BCUT2D eigenvalue weighted by Crippen LogP contribution is 2.32. The molecule has 0 aliphatic carbocycles. The van der Waals surface area contributed by atoms with Crippen molar-refractivity contribution in [3.8, 4) is 17.1 Å². The summed E-state index contributed by atoms with van der Waals surface area (Å²) in [6.45, 7) is 0.707. The summed E-state index contributed by atoms with van der Waals surface area (Å²) in [7, 11) is 5.13. The van der Waals surface area contributed by atoms with E-state index in [2.05, 4.69) is 10.1 Å². The Hall–Kier alpha value is -2.57. The number of ether oxygens (including phenoxy) is 1. The van der Waals surface area contributed by atoms with Gasteiger partial charge in [-0.2, -0.15) is 4.98 Å². The zero-order chi connectivity index (χ0) is 17.1. The van der Waals surface area contributed by atoms with E-state index in [0.717, 1.165) is 30.6 Å². The van der Waals surface area contributed by atoms with Gasteiger partial charge in [0.1, 0.15) is 11.8 Å². The molecule has 0 N–H and O–H groups in total. The molecule has 1 atom stereocenters. The summed E-state index contributed by atoms with van der Waals surface area (Å²) in [6.07, 6.45) is 2.87. The number of nitrogens with zero attached hydrogens (tertiary/aromatic N) is 4. The Morgan fingerprint density at radius 3 is 2.96 bits per heavy atom. The van der Waals surface area contributed by atoms with Gasteiger partial charge in [0.15, 0.2) is 0 Å². The van der Waals surface area contributed by atoms with Crippen molar-refractivity contribution in [2.75, 3.05) is 27.7 Å². The van der Waals surface area contributed by atoms with E-state index in [1.165, 1.54) is 0 Å². The number of methoxy groups -OCH3 is 1. The fourth-order valence-corrected chi connectivity index (χ4v) is 2.92. The van der Waals surface area contributed by atoms with Crippen molar-refractivity contribution < 1.29 is 14.1 Å². The lowest BCUT2D eigenvalue weighted by Gasteiger charge is -2.35. The van der Waals surface area contributed by atoms with Crippen LogP contribution in [0.15, 0.2) is 28.8 Å². The largest absolute Gasteiger partial charge is 0.497 e. The van der Waals surface area contributed by atoms with Crippen LogP contribution in [0.1, 0.15) is 31.2 Å². The van der Waals surface area contributed by atoms with E-state index >= 15 is 0 Å². The van der Waals surface area contributed by atoms with Gasteiger partial charge in [-0.1, -0.05) is 17.3 Å².